The van der Waals surface area contributed by atoms with E-state index in [2.05, 4.69) is 31.2 Å². The number of hydrogen-bond donors (Lipinski definition) is 1. The van der Waals surface area contributed by atoms with Crippen LogP contribution in [-0.4, -0.2) is 11.7 Å². The van der Waals surface area contributed by atoms with Crippen molar-refractivity contribution >= 4 is 0 Å². The van der Waals surface area contributed by atoms with Crippen LogP contribution < -0.4 is 0 Å². The molecule has 0 saturated carbocycles. The van der Waals surface area contributed by atoms with Crippen LogP contribution >= 0.6 is 0 Å². The summed E-state index contributed by atoms with van der Waals surface area (Å²) >= 11 is 0. The zero-order valence-corrected chi connectivity index (χ0v) is 12.2. The fourth-order valence-electron chi connectivity index (χ4n) is 1.92. The van der Waals surface area contributed by atoms with E-state index in [1.165, 1.54) is 57.8 Å². The van der Waals surface area contributed by atoms with Crippen LogP contribution in [0.1, 0.15) is 77.6 Å². The minimum Gasteiger partial charge on any atom is -0.396 e. The fraction of sp³-hybridized carbons (Fsp3) is 0.765. The Bertz CT molecular complexity index is 194. The molecular weight excluding hydrogens is 220 g/mol. The van der Waals surface area contributed by atoms with Gasteiger partial charge in [0.25, 0.3) is 0 Å². The molecule has 1 N–H and O–H groups in total. The predicted molar refractivity (Wildman–Crippen MR) is 81.8 cm³/mol. The van der Waals surface area contributed by atoms with Crippen LogP contribution in [0.2, 0.25) is 0 Å². The Balaban J connectivity index is 3.13. The Morgan fingerprint density at radius 2 is 1.22 bits per heavy atom. The molecule has 0 aliphatic heterocycles. The number of unbranched alkanes of at least 4 members (excludes halogenated alkanes) is 8. The van der Waals surface area contributed by atoms with Crippen molar-refractivity contribution in [1.82, 2.24) is 0 Å². The summed E-state index contributed by atoms with van der Waals surface area (Å²) < 4.78 is 0. The molecule has 0 aromatic rings. The van der Waals surface area contributed by atoms with Crippen molar-refractivity contribution in [3.8, 4) is 0 Å². The minimum absolute atomic E-state index is 0.352. The molecule has 0 fully saturated rings. The number of aliphatic hydroxyl groups is 1. The van der Waals surface area contributed by atoms with Gasteiger partial charge in [0.05, 0.1) is 0 Å². The maximum Gasteiger partial charge on any atom is 0.0431 e. The molecule has 0 bridgehead atoms. The summed E-state index contributed by atoms with van der Waals surface area (Å²) in [5.74, 6) is 0. The highest BCUT2D eigenvalue weighted by Crippen LogP contribution is 2.06. The van der Waals surface area contributed by atoms with Gasteiger partial charge in [0.15, 0.2) is 0 Å². The van der Waals surface area contributed by atoms with Crippen molar-refractivity contribution in [2.75, 3.05) is 6.61 Å². The van der Waals surface area contributed by atoms with Crippen LogP contribution in [-0.2, 0) is 0 Å². The monoisotopic (exact) mass is 252 g/mol. The lowest BCUT2D eigenvalue weighted by Crippen LogP contribution is -1.83. The first-order valence-corrected chi connectivity index (χ1v) is 7.82. The molecule has 0 saturated heterocycles. The van der Waals surface area contributed by atoms with E-state index in [4.69, 9.17) is 5.11 Å². The summed E-state index contributed by atoms with van der Waals surface area (Å²) in [6.07, 6.45) is 22.8. The Kier molecular flexibility index (Phi) is 15.9. The molecule has 0 rings (SSSR count). The second kappa shape index (κ2) is 16.4. The molecular formula is C17H32O. The largest absolute Gasteiger partial charge is 0.396 e. The van der Waals surface area contributed by atoms with E-state index in [9.17, 15) is 0 Å². The number of aliphatic hydroxyl groups excluding tert-OH is 1. The van der Waals surface area contributed by atoms with Gasteiger partial charge in [-0.1, -0.05) is 63.3 Å². The molecule has 0 radical (unpaired) electrons. The third-order valence-corrected chi connectivity index (χ3v) is 3.11. The van der Waals surface area contributed by atoms with Crippen molar-refractivity contribution in [2.24, 2.45) is 0 Å². The zero-order valence-electron chi connectivity index (χ0n) is 12.2. The van der Waals surface area contributed by atoms with Crippen molar-refractivity contribution < 1.29 is 5.11 Å². The molecule has 1 nitrogen and oxygen atoms in total. The predicted octanol–water partition coefficient (Wildman–Crippen LogP) is 5.40. The van der Waals surface area contributed by atoms with E-state index in [0.29, 0.717) is 6.61 Å². The molecule has 18 heavy (non-hydrogen) atoms. The van der Waals surface area contributed by atoms with Crippen molar-refractivity contribution in [2.45, 2.75) is 77.6 Å². The molecule has 0 heterocycles. The van der Waals surface area contributed by atoms with Gasteiger partial charge >= 0.3 is 0 Å². The minimum atomic E-state index is 0.352. The third-order valence-electron chi connectivity index (χ3n) is 3.11. The molecule has 0 aromatic carbocycles. The van der Waals surface area contributed by atoms with Crippen LogP contribution in [0, 0.1) is 0 Å². The Morgan fingerprint density at radius 3 is 1.83 bits per heavy atom. The molecule has 0 amide bonds. The van der Waals surface area contributed by atoms with Gasteiger partial charge in [0.1, 0.15) is 0 Å². The van der Waals surface area contributed by atoms with Gasteiger partial charge < -0.3 is 5.11 Å². The lowest BCUT2D eigenvalue weighted by atomic mass is 10.1. The van der Waals surface area contributed by atoms with Crippen molar-refractivity contribution in [1.29, 1.82) is 0 Å². The summed E-state index contributed by atoms with van der Waals surface area (Å²) in [4.78, 5) is 0. The van der Waals surface area contributed by atoms with E-state index >= 15 is 0 Å². The number of rotatable bonds is 13. The van der Waals surface area contributed by atoms with E-state index in [-0.39, 0.29) is 0 Å². The van der Waals surface area contributed by atoms with Crippen molar-refractivity contribution in [3.63, 3.8) is 0 Å². The molecule has 0 aliphatic carbocycles. The molecule has 0 spiro atoms. The van der Waals surface area contributed by atoms with Gasteiger partial charge in [-0.3, -0.25) is 0 Å². The Labute approximate surface area is 114 Å². The quantitative estimate of drug-likeness (QED) is 0.343. The smallest absolute Gasteiger partial charge is 0.0431 e. The van der Waals surface area contributed by atoms with Crippen LogP contribution in [0.25, 0.3) is 0 Å². The Morgan fingerprint density at radius 1 is 0.667 bits per heavy atom. The normalized spacial score (nSPS) is 11.9. The second-order valence-corrected chi connectivity index (χ2v) is 4.95. The van der Waals surface area contributed by atoms with Gasteiger partial charge in [-0.2, -0.15) is 0 Å². The average Bonchev–Trinajstić information content (AvgIpc) is 2.39. The van der Waals surface area contributed by atoms with E-state index in [1.54, 1.807) is 0 Å². The third kappa shape index (κ3) is 15.4. The van der Waals surface area contributed by atoms with E-state index < -0.39 is 0 Å². The molecule has 0 unspecified atom stereocenters. The van der Waals surface area contributed by atoms with E-state index in [1.807, 2.05) is 0 Å². The Hall–Kier alpha value is -0.560. The highest BCUT2D eigenvalue weighted by atomic mass is 16.2. The van der Waals surface area contributed by atoms with Crippen LogP contribution in [0.5, 0.6) is 0 Å². The van der Waals surface area contributed by atoms with Gasteiger partial charge in [-0.15, -0.1) is 0 Å². The molecule has 0 aliphatic rings. The average molecular weight is 252 g/mol. The van der Waals surface area contributed by atoms with E-state index in [0.717, 1.165) is 12.8 Å². The summed E-state index contributed by atoms with van der Waals surface area (Å²) in [6.45, 7) is 2.60. The molecule has 1 heteroatoms. The lowest BCUT2D eigenvalue weighted by molar-refractivity contribution is 0.282. The second-order valence-electron chi connectivity index (χ2n) is 4.95. The standard InChI is InChI=1S/C17H32O/c1-2-3-4-5-6-7-8-9-10-11-12-13-14-15-16-17-18/h6-7,9-10,18H,2-5,8,11-17H2,1H3/b7-6-,10-9-. The lowest BCUT2D eigenvalue weighted by Gasteiger charge is -1.97. The maximum absolute atomic E-state index is 8.64. The summed E-state index contributed by atoms with van der Waals surface area (Å²) in [5.41, 5.74) is 0. The van der Waals surface area contributed by atoms with Crippen LogP contribution in [0.3, 0.4) is 0 Å². The number of hydrogen-bond acceptors (Lipinski definition) is 1. The van der Waals surface area contributed by atoms with Gasteiger partial charge in [-0.05, 0) is 38.5 Å². The summed E-state index contributed by atoms with van der Waals surface area (Å²) in [7, 11) is 0. The molecule has 106 valence electrons. The first kappa shape index (κ1) is 17.4. The molecule has 0 aromatic heterocycles. The molecule has 0 atom stereocenters. The SMILES string of the molecule is CCCCC/C=C\C/C=C\CCCCCCCO. The van der Waals surface area contributed by atoms with Crippen LogP contribution in [0.15, 0.2) is 24.3 Å². The van der Waals surface area contributed by atoms with Crippen molar-refractivity contribution in [3.05, 3.63) is 24.3 Å². The van der Waals surface area contributed by atoms with Gasteiger partial charge in [0.2, 0.25) is 0 Å². The first-order valence-electron chi connectivity index (χ1n) is 7.82. The summed E-state index contributed by atoms with van der Waals surface area (Å²) in [5, 5.41) is 8.64. The van der Waals surface area contributed by atoms with Gasteiger partial charge in [0, 0.05) is 6.61 Å². The fourth-order valence-corrected chi connectivity index (χ4v) is 1.92. The highest BCUT2D eigenvalue weighted by Gasteiger charge is 1.88. The first-order chi connectivity index (χ1) is 8.91. The maximum atomic E-state index is 8.64. The van der Waals surface area contributed by atoms with Gasteiger partial charge in [-0.25, -0.2) is 0 Å². The summed E-state index contributed by atoms with van der Waals surface area (Å²) in [6, 6.07) is 0. The zero-order chi connectivity index (χ0) is 13.3. The van der Waals surface area contributed by atoms with Crippen LogP contribution in [0.4, 0.5) is 0 Å². The number of allylic oxidation sites excluding steroid dienone is 4. The highest BCUT2D eigenvalue weighted by molar-refractivity contribution is 4.92. The topological polar surface area (TPSA) is 20.2 Å².